The second-order valence-corrected chi connectivity index (χ2v) is 2.98. The van der Waals surface area contributed by atoms with E-state index in [1.807, 2.05) is 41.9 Å². The van der Waals surface area contributed by atoms with Crippen LogP contribution in [0.5, 0.6) is 0 Å². The fourth-order valence-corrected chi connectivity index (χ4v) is 1.23. The first-order valence-electron chi connectivity index (χ1n) is 4.14. The zero-order valence-corrected chi connectivity index (χ0v) is 7.31. The number of hydrogen-bond donors (Lipinski definition) is 0. The molecule has 0 amide bonds. The van der Waals surface area contributed by atoms with Crippen LogP contribution in [0.2, 0.25) is 0 Å². The number of hydrogen-bond acceptors (Lipinski definition) is 2. The van der Waals surface area contributed by atoms with Crippen molar-refractivity contribution in [3.05, 3.63) is 36.3 Å². The molecule has 0 fully saturated rings. The fourth-order valence-electron chi connectivity index (χ4n) is 1.23. The minimum atomic E-state index is -0.139. The molecule has 0 radical (unpaired) electrons. The molecule has 0 aliphatic heterocycles. The smallest absolute Gasteiger partial charge is 0.137 e. The predicted molar refractivity (Wildman–Crippen MR) is 49.2 cm³/mol. The van der Waals surface area contributed by atoms with Crippen LogP contribution in [0, 0.1) is 11.3 Å². The van der Waals surface area contributed by atoms with Crippen LogP contribution < -0.4 is 0 Å². The molecule has 0 N–H and O–H groups in total. The highest BCUT2D eigenvalue weighted by molar-refractivity contribution is 5.40. The van der Waals surface area contributed by atoms with E-state index < -0.39 is 0 Å². The van der Waals surface area contributed by atoms with Crippen LogP contribution in [0.3, 0.4) is 0 Å². The lowest BCUT2D eigenvalue weighted by Crippen LogP contribution is -1.87. The summed E-state index contributed by atoms with van der Waals surface area (Å²) in [4.78, 5) is 4.32. The van der Waals surface area contributed by atoms with Crippen LogP contribution >= 0.6 is 0 Å². The van der Waals surface area contributed by atoms with Crippen molar-refractivity contribution >= 4 is 5.65 Å². The van der Waals surface area contributed by atoms with E-state index in [1.165, 1.54) is 0 Å². The van der Waals surface area contributed by atoms with Gasteiger partial charge in [-0.2, -0.15) is 5.26 Å². The molecule has 0 saturated carbocycles. The second kappa shape index (κ2) is 2.91. The molecule has 2 aromatic heterocycles. The Labute approximate surface area is 76.3 Å². The molecular weight excluding hydrogens is 162 g/mol. The molecule has 13 heavy (non-hydrogen) atoms. The largest absolute Gasteiger partial charge is 0.307 e. The maximum atomic E-state index is 8.71. The van der Waals surface area contributed by atoms with Crippen LogP contribution in [0.25, 0.3) is 5.65 Å². The number of pyridine rings is 1. The van der Waals surface area contributed by atoms with Gasteiger partial charge in [0.1, 0.15) is 5.65 Å². The molecule has 64 valence electrons. The molecule has 0 bridgehead atoms. The molecule has 0 aliphatic carbocycles. The Morgan fingerprint density at radius 2 is 2.38 bits per heavy atom. The number of nitrogens with zero attached hydrogens (tertiary/aromatic N) is 3. The third-order valence-corrected chi connectivity index (χ3v) is 2.02. The molecule has 2 aromatic rings. The van der Waals surface area contributed by atoms with E-state index in [0.717, 1.165) is 11.3 Å². The zero-order valence-electron chi connectivity index (χ0n) is 7.31. The third kappa shape index (κ3) is 1.27. The quantitative estimate of drug-likeness (QED) is 0.658. The van der Waals surface area contributed by atoms with E-state index in [-0.39, 0.29) is 5.92 Å². The minimum Gasteiger partial charge on any atom is -0.307 e. The Hall–Kier alpha value is -1.82. The van der Waals surface area contributed by atoms with Crippen molar-refractivity contribution in [1.29, 1.82) is 5.26 Å². The van der Waals surface area contributed by atoms with Gasteiger partial charge >= 0.3 is 0 Å². The molecule has 1 unspecified atom stereocenters. The molecule has 2 heterocycles. The monoisotopic (exact) mass is 171 g/mol. The number of fused-ring (bicyclic) bond motifs is 1. The molecule has 3 heteroatoms. The summed E-state index contributed by atoms with van der Waals surface area (Å²) in [5, 5.41) is 8.71. The van der Waals surface area contributed by atoms with Crippen LogP contribution in [0.4, 0.5) is 0 Å². The van der Waals surface area contributed by atoms with Gasteiger partial charge in [0.2, 0.25) is 0 Å². The van der Waals surface area contributed by atoms with Gasteiger partial charge in [-0.15, -0.1) is 0 Å². The first kappa shape index (κ1) is 7.81. The van der Waals surface area contributed by atoms with Gasteiger partial charge in [-0.3, -0.25) is 0 Å². The van der Waals surface area contributed by atoms with E-state index in [2.05, 4.69) is 11.1 Å². The van der Waals surface area contributed by atoms with E-state index in [1.54, 1.807) is 0 Å². The van der Waals surface area contributed by atoms with Crippen LogP contribution in [-0.4, -0.2) is 9.38 Å². The Morgan fingerprint density at radius 1 is 1.54 bits per heavy atom. The average molecular weight is 171 g/mol. The van der Waals surface area contributed by atoms with Crippen LogP contribution in [-0.2, 0) is 0 Å². The predicted octanol–water partition coefficient (Wildman–Crippen LogP) is 1.96. The Kier molecular flexibility index (Phi) is 1.75. The van der Waals surface area contributed by atoms with Gasteiger partial charge in [0.25, 0.3) is 0 Å². The van der Waals surface area contributed by atoms with Crippen molar-refractivity contribution in [3.8, 4) is 6.07 Å². The summed E-state index contributed by atoms with van der Waals surface area (Å²) in [6, 6.07) is 7.96. The number of rotatable bonds is 1. The standard InChI is InChI=1S/C10H9N3/c1-8(6-11)9-7-13-5-3-2-4-10(13)12-9/h2-5,7-8H,1H3. The van der Waals surface area contributed by atoms with Gasteiger partial charge in [-0.05, 0) is 19.1 Å². The highest BCUT2D eigenvalue weighted by atomic mass is 15.0. The lowest BCUT2D eigenvalue weighted by atomic mass is 10.1. The Bertz CT molecular complexity index is 431. The van der Waals surface area contributed by atoms with Crippen molar-refractivity contribution in [2.75, 3.05) is 0 Å². The number of aromatic nitrogens is 2. The zero-order chi connectivity index (χ0) is 9.26. The van der Waals surface area contributed by atoms with Crippen molar-refractivity contribution < 1.29 is 0 Å². The van der Waals surface area contributed by atoms with Crippen molar-refractivity contribution in [2.45, 2.75) is 12.8 Å². The molecule has 1 atom stereocenters. The molecule has 0 saturated heterocycles. The van der Waals surface area contributed by atoms with Crippen LogP contribution in [0.1, 0.15) is 18.5 Å². The van der Waals surface area contributed by atoms with Gasteiger partial charge in [0.05, 0.1) is 17.7 Å². The van der Waals surface area contributed by atoms with Crippen LogP contribution in [0.15, 0.2) is 30.6 Å². The molecular formula is C10H9N3. The second-order valence-electron chi connectivity index (χ2n) is 2.98. The van der Waals surface area contributed by atoms with Crippen molar-refractivity contribution in [3.63, 3.8) is 0 Å². The summed E-state index contributed by atoms with van der Waals surface area (Å²) >= 11 is 0. The van der Waals surface area contributed by atoms with Gasteiger partial charge in [0.15, 0.2) is 0 Å². The number of imidazole rings is 1. The van der Waals surface area contributed by atoms with Gasteiger partial charge in [0, 0.05) is 12.4 Å². The molecule has 0 aromatic carbocycles. The Morgan fingerprint density at radius 3 is 3.08 bits per heavy atom. The lowest BCUT2D eigenvalue weighted by Gasteiger charge is -1.91. The average Bonchev–Trinajstić information content (AvgIpc) is 2.59. The fraction of sp³-hybridized carbons (Fsp3) is 0.200. The number of nitriles is 1. The first-order valence-corrected chi connectivity index (χ1v) is 4.14. The summed E-state index contributed by atoms with van der Waals surface area (Å²) in [7, 11) is 0. The summed E-state index contributed by atoms with van der Waals surface area (Å²) in [5.74, 6) is -0.139. The normalized spacial score (nSPS) is 12.6. The van der Waals surface area contributed by atoms with Gasteiger partial charge in [-0.25, -0.2) is 4.98 Å². The minimum absolute atomic E-state index is 0.139. The highest BCUT2D eigenvalue weighted by Crippen LogP contribution is 2.13. The SMILES string of the molecule is CC(C#N)c1cn2ccccc2n1. The first-order chi connectivity index (χ1) is 6.31. The van der Waals surface area contributed by atoms with Gasteiger partial charge < -0.3 is 4.40 Å². The highest BCUT2D eigenvalue weighted by Gasteiger charge is 2.07. The van der Waals surface area contributed by atoms with Crippen molar-refractivity contribution in [1.82, 2.24) is 9.38 Å². The van der Waals surface area contributed by atoms with E-state index in [0.29, 0.717) is 0 Å². The summed E-state index contributed by atoms with van der Waals surface area (Å²) in [6.07, 6.45) is 3.82. The lowest BCUT2D eigenvalue weighted by molar-refractivity contribution is 0.937. The maximum Gasteiger partial charge on any atom is 0.137 e. The molecule has 3 nitrogen and oxygen atoms in total. The molecule has 0 spiro atoms. The topological polar surface area (TPSA) is 41.1 Å². The third-order valence-electron chi connectivity index (χ3n) is 2.02. The van der Waals surface area contributed by atoms with E-state index >= 15 is 0 Å². The van der Waals surface area contributed by atoms with Crippen molar-refractivity contribution in [2.24, 2.45) is 0 Å². The maximum absolute atomic E-state index is 8.71. The van der Waals surface area contributed by atoms with Gasteiger partial charge in [-0.1, -0.05) is 6.07 Å². The summed E-state index contributed by atoms with van der Waals surface area (Å²) in [5.41, 5.74) is 1.72. The summed E-state index contributed by atoms with van der Waals surface area (Å²) < 4.78 is 1.92. The van der Waals surface area contributed by atoms with E-state index in [4.69, 9.17) is 5.26 Å². The summed E-state index contributed by atoms with van der Waals surface area (Å²) in [6.45, 7) is 1.85. The molecule has 2 rings (SSSR count). The van der Waals surface area contributed by atoms with E-state index in [9.17, 15) is 0 Å². The Balaban J connectivity index is 2.57. The molecule has 0 aliphatic rings.